The summed E-state index contributed by atoms with van der Waals surface area (Å²) in [6, 6.07) is 11.8. The first kappa shape index (κ1) is 21.8. The van der Waals surface area contributed by atoms with Gasteiger partial charge in [-0.15, -0.1) is 21.5 Å². The van der Waals surface area contributed by atoms with Gasteiger partial charge in [0.05, 0.1) is 29.0 Å². The maximum atomic E-state index is 12.5. The van der Waals surface area contributed by atoms with Gasteiger partial charge in [0.25, 0.3) is 0 Å². The van der Waals surface area contributed by atoms with Crippen LogP contribution in [0.15, 0.2) is 41.4 Å². The number of methoxy groups -OCH3 is 1. The van der Waals surface area contributed by atoms with Gasteiger partial charge in [-0.2, -0.15) is 0 Å². The lowest BCUT2D eigenvalue weighted by Crippen LogP contribution is -2.33. The highest BCUT2D eigenvalue weighted by molar-refractivity contribution is 7.99. The van der Waals surface area contributed by atoms with Gasteiger partial charge in [-0.05, 0) is 44.0 Å². The predicted molar refractivity (Wildman–Crippen MR) is 126 cm³/mol. The maximum absolute atomic E-state index is 12.5. The van der Waals surface area contributed by atoms with Crippen molar-refractivity contribution in [3.8, 4) is 26.9 Å². The summed E-state index contributed by atoms with van der Waals surface area (Å²) in [4.78, 5) is 20.2. The number of aromatic nitrogens is 3. The number of likely N-dealkylation sites (tertiary alicyclic amines) is 1. The normalized spacial score (nSPS) is 14.3. The summed E-state index contributed by atoms with van der Waals surface area (Å²) < 4.78 is 5.47. The Hall–Kier alpha value is -2.45. The van der Waals surface area contributed by atoms with E-state index in [2.05, 4.69) is 10.2 Å². The highest BCUT2D eigenvalue weighted by Crippen LogP contribution is 2.38. The Morgan fingerprint density at radius 3 is 2.58 bits per heavy atom. The third-order valence-corrected chi connectivity index (χ3v) is 7.43. The van der Waals surface area contributed by atoms with Gasteiger partial charge in [0.15, 0.2) is 0 Å². The minimum absolute atomic E-state index is 0.192. The molecule has 1 fully saturated rings. The van der Waals surface area contributed by atoms with E-state index in [1.54, 1.807) is 18.4 Å². The molecule has 0 unspecified atom stereocenters. The van der Waals surface area contributed by atoms with E-state index >= 15 is 0 Å². The quantitative estimate of drug-likeness (QED) is 0.484. The monoisotopic (exact) mass is 454 g/mol. The number of rotatable bonds is 6. The fraction of sp³-hybridized carbons (Fsp3) is 0.391. The second kappa shape index (κ2) is 10.2. The fourth-order valence-corrected chi connectivity index (χ4v) is 5.41. The van der Waals surface area contributed by atoms with Crippen molar-refractivity contribution in [2.24, 2.45) is 0 Å². The number of hydrogen-bond acceptors (Lipinski definition) is 7. The topological polar surface area (TPSA) is 68.2 Å². The molecular formula is C23H26N4O2S2. The van der Waals surface area contributed by atoms with Crippen molar-refractivity contribution in [2.45, 2.75) is 37.6 Å². The molecule has 8 heteroatoms. The van der Waals surface area contributed by atoms with E-state index < -0.39 is 0 Å². The molecule has 0 N–H and O–H groups in total. The molecule has 162 valence electrons. The first-order chi connectivity index (χ1) is 15.2. The Balaban J connectivity index is 1.43. The molecule has 1 amide bonds. The molecule has 0 spiro atoms. The summed E-state index contributed by atoms with van der Waals surface area (Å²) in [5, 5.41) is 10.4. The van der Waals surface area contributed by atoms with Crippen molar-refractivity contribution >= 4 is 29.0 Å². The lowest BCUT2D eigenvalue weighted by molar-refractivity contribution is -0.128. The number of thiazole rings is 1. The molecular weight excluding hydrogens is 428 g/mol. The van der Waals surface area contributed by atoms with Crippen molar-refractivity contribution in [3.63, 3.8) is 0 Å². The summed E-state index contributed by atoms with van der Waals surface area (Å²) in [6.07, 6.45) is 4.66. The smallest absolute Gasteiger partial charge is 0.232 e. The predicted octanol–water partition coefficient (Wildman–Crippen LogP) is 5.08. The van der Waals surface area contributed by atoms with E-state index in [9.17, 15) is 4.79 Å². The van der Waals surface area contributed by atoms with Crippen molar-refractivity contribution < 1.29 is 9.53 Å². The zero-order valence-electron chi connectivity index (χ0n) is 17.8. The Kier molecular flexibility index (Phi) is 7.19. The standard InChI is InChI=1S/C23H26N4O2S2/c1-16-22(31-23(24-16)17-9-5-6-10-19(17)29-2)18-11-12-20(26-25-18)30-15-21(28)27-13-7-3-4-8-14-27/h5-6,9-12H,3-4,7-8,13-15H2,1-2H3. The van der Waals surface area contributed by atoms with Gasteiger partial charge in [0.1, 0.15) is 21.5 Å². The van der Waals surface area contributed by atoms with Gasteiger partial charge in [-0.25, -0.2) is 4.98 Å². The van der Waals surface area contributed by atoms with Gasteiger partial charge in [-0.1, -0.05) is 36.7 Å². The molecule has 31 heavy (non-hydrogen) atoms. The van der Waals surface area contributed by atoms with E-state index in [0.717, 1.165) is 63.5 Å². The molecule has 0 aliphatic carbocycles. The van der Waals surface area contributed by atoms with E-state index in [-0.39, 0.29) is 5.91 Å². The zero-order valence-corrected chi connectivity index (χ0v) is 19.5. The van der Waals surface area contributed by atoms with Crippen LogP contribution in [0.4, 0.5) is 0 Å². The van der Waals surface area contributed by atoms with Crippen LogP contribution < -0.4 is 4.74 Å². The Morgan fingerprint density at radius 1 is 1.10 bits per heavy atom. The van der Waals surface area contributed by atoms with Crippen LogP contribution in [0.25, 0.3) is 21.1 Å². The molecule has 4 rings (SSSR count). The molecule has 0 bridgehead atoms. The molecule has 0 saturated carbocycles. The molecule has 0 radical (unpaired) electrons. The van der Waals surface area contributed by atoms with Crippen LogP contribution in [0, 0.1) is 6.92 Å². The minimum atomic E-state index is 0.192. The van der Waals surface area contributed by atoms with Crippen LogP contribution >= 0.6 is 23.1 Å². The van der Waals surface area contributed by atoms with Crippen LogP contribution in [-0.4, -0.2) is 51.9 Å². The zero-order chi connectivity index (χ0) is 21.6. The Bertz CT molecular complexity index is 1030. The molecule has 3 heterocycles. The number of para-hydroxylation sites is 1. The molecule has 1 aliphatic rings. The Labute approximate surface area is 191 Å². The number of nitrogens with zero attached hydrogens (tertiary/aromatic N) is 4. The number of carbonyl (C=O) groups excluding carboxylic acids is 1. The summed E-state index contributed by atoms with van der Waals surface area (Å²) in [6.45, 7) is 3.74. The molecule has 0 atom stereocenters. The molecule has 2 aromatic heterocycles. The largest absolute Gasteiger partial charge is 0.496 e. The van der Waals surface area contributed by atoms with Crippen molar-refractivity contribution in [3.05, 3.63) is 42.1 Å². The fourth-order valence-electron chi connectivity index (χ4n) is 3.64. The number of hydrogen-bond donors (Lipinski definition) is 0. The lowest BCUT2D eigenvalue weighted by Gasteiger charge is -2.19. The van der Waals surface area contributed by atoms with E-state index in [1.165, 1.54) is 24.6 Å². The maximum Gasteiger partial charge on any atom is 0.232 e. The van der Waals surface area contributed by atoms with Gasteiger partial charge in [0.2, 0.25) is 5.91 Å². The third-order valence-electron chi connectivity index (χ3n) is 5.31. The number of thioether (sulfide) groups is 1. The number of ether oxygens (including phenoxy) is 1. The van der Waals surface area contributed by atoms with Crippen LogP contribution in [-0.2, 0) is 4.79 Å². The molecule has 1 aromatic carbocycles. The molecule has 6 nitrogen and oxygen atoms in total. The van der Waals surface area contributed by atoms with E-state index in [4.69, 9.17) is 9.72 Å². The van der Waals surface area contributed by atoms with Crippen LogP contribution in [0.3, 0.4) is 0 Å². The number of aryl methyl sites for hydroxylation is 1. The molecule has 1 saturated heterocycles. The average Bonchev–Trinajstić information content (AvgIpc) is 3.00. The molecule has 3 aromatic rings. The number of amides is 1. The highest BCUT2D eigenvalue weighted by Gasteiger charge is 2.17. The van der Waals surface area contributed by atoms with Crippen LogP contribution in [0.5, 0.6) is 5.75 Å². The highest BCUT2D eigenvalue weighted by atomic mass is 32.2. The SMILES string of the molecule is COc1ccccc1-c1nc(C)c(-c2ccc(SCC(=O)N3CCCCCC3)nn2)s1. The van der Waals surface area contributed by atoms with Crippen LogP contribution in [0.2, 0.25) is 0 Å². The van der Waals surface area contributed by atoms with Gasteiger partial charge < -0.3 is 9.64 Å². The summed E-state index contributed by atoms with van der Waals surface area (Å²) in [7, 11) is 1.67. The minimum Gasteiger partial charge on any atom is -0.496 e. The van der Waals surface area contributed by atoms with Crippen LogP contribution in [0.1, 0.15) is 31.4 Å². The second-order valence-corrected chi connectivity index (χ2v) is 9.47. The summed E-state index contributed by atoms with van der Waals surface area (Å²) >= 11 is 3.03. The second-order valence-electron chi connectivity index (χ2n) is 7.47. The summed E-state index contributed by atoms with van der Waals surface area (Å²) in [5.74, 6) is 1.40. The Morgan fingerprint density at radius 2 is 1.87 bits per heavy atom. The van der Waals surface area contributed by atoms with Crippen molar-refractivity contribution in [1.82, 2.24) is 20.1 Å². The van der Waals surface area contributed by atoms with Gasteiger partial charge in [0, 0.05) is 13.1 Å². The van der Waals surface area contributed by atoms with Gasteiger partial charge >= 0.3 is 0 Å². The molecule has 1 aliphatic heterocycles. The number of benzene rings is 1. The summed E-state index contributed by atoms with van der Waals surface area (Å²) in [5.41, 5.74) is 2.67. The third kappa shape index (κ3) is 5.25. The van der Waals surface area contributed by atoms with Gasteiger partial charge in [-0.3, -0.25) is 4.79 Å². The first-order valence-corrected chi connectivity index (χ1v) is 12.3. The average molecular weight is 455 g/mol. The number of carbonyl (C=O) groups is 1. The van der Waals surface area contributed by atoms with E-state index in [1.807, 2.05) is 48.2 Å². The first-order valence-electron chi connectivity index (χ1n) is 10.5. The van der Waals surface area contributed by atoms with Crippen molar-refractivity contribution in [2.75, 3.05) is 26.0 Å². The van der Waals surface area contributed by atoms with E-state index in [0.29, 0.717) is 5.75 Å². The van der Waals surface area contributed by atoms with Crippen molar-refractivity contribution in [1.29, 1.82) is 0 Å². The lowest BCUT2D eigenvalue weighted by atomic mass is 10.2.